The molecular formula is C8H23O9P. The summed E-state index contributed by atoms with van der Waals surface area (Å²) in [6.45, 7) is 1.26. The number of aliphatic hydroxyl groups excluding tert-OH is 4. The van der Waals surface area contributed by atoms with E-state index in [1.807, 2.05) is 0 Å². The Morgan fingerprint density at radius 1 is 1.00 bits per heavy atom. The van der Waals surface area contributed by atoms with Gasteiger partial charge in [-0.05, 0) is 0 Å². The zero-order valence-corrected chi connectivity index (χ0v) is 11.4. The third kappa shape index (κ3) is 108. The Balaban J connectivity index is -0.0000000742. The first-order valence-electron chi connectivity index (χ1n) is 4.79. The summed E-state index contributed by atoms with van der Waals surface area (Å²) < 4.78 is 13.0. The van der Waals surface area contributed by atoms with Crippen LogP contribution in [0.4, 0.5) is 0 Å². The van der Waals surface area contributed by atoms with Crippen molar-refractivity contribution in [2.45, 2.75) is 13.3 Å². The minimum absolute atomic E-state index is 0.125. The number of aliphatic hydroxyl groups is 4. The first-order chi connectivity index (χ1) is 8.37. The van der Waals surface area contributed by atoms with Crippen molar-refractivity contribution in [3.8, 4) is 0 Å². The first kappa shape index (κ1) is 26.1. The van der Waals surface area contributed by atoms with Gasteiger partial charge in [0.1, 0.15) is 0 Å². The zero-order chi connectivity index (χ0) is 15.4. The van der Waals surface area contributed by atoms with Crippen LogP contribution in [0.25, 0.3) is 0 Å². The molecule has 0 atom stereocenters. The Morgan fingerprint density at radius 3 is 1.22 bits per heavy atom. The average molecular weight is 294 g/mol. The summed E-state index contributed by atoms with van der Waals surface area (Å²) in [4.78, 5) is 24.3. The Labute approximate surface area is 106 Å². The maximum absolute atomic E-state index is 9.96. The van der Waals surface area contributed by atoms with Crippen LogP contribution in [0.15, 0.2) is 0 Å². The molecule has 0 bridgehead atoms. The van der Waals surface area contributed by atoms with Crippen LogP contribution in [0.1, 0.15) is 13.3 Å². The number of esters is 1. The molecule has 0 saturated heterocycles. The van der Waals surface area contributed by atoms with Gasteiger partial charge < -0.3 is 34.9 Å². The summed E-state index contributed by atoms with van der Waals surface area (Å²) in [6, 6.07) is 0. The fraction of sp³-hybridized carbons (Fsp3) is 0.875. The molecule has 114 valence electrons. The van der Waals surface area contributed by atoms with E-state index in [-0.39, 0.29) is 32.4 Å². The standard InChI is InChI=1S/C4H8O2.2C2H6O2.H3O3P/c1-3-4(5)6-2;2*3-1-2-4;1-4(2)3/h3H2,1-2H3;2*3-4H,1-2H2;4H,(H2,1,2,3). The van der Waals surface area contributed by atoms with Crippen LogP contribution in [0, 0.1) is 0 Å². The van der Waals surface area contributed by atoms with Gasteiger partial charge in [0.25, 0.3) is 0 Å². The van der Waals surface area contributed by atoms with Crippen molar-refractivity contribution < 1.29 is 44.3 Å². The van der Waals surface area contributed by atoms with E-state index in [4.69, 9.17) is 34.8 Å². The van der Waals surface area contributed by atoms with Crippen molar-refractivity contribution in [1.82, 2.24) is 0 Å². The lowest BCUT2D eigenvalue weighted by atomic mass is 10.5. The highest BCUT2D eigenvalue weighted by Gasteiger charge is 1.87. The van der Waals surface area contributed by atoms with Gasteiger partial charge >= 0.3 is 14.2 Å². The number of hydrogen-bond acceptors (Lipinski definition) is 7. The number of carbonyl (C=O) groups excluding carboxylic acids is 1. The van der Waals surface area contributed by atoms with Gasteiger partial charge in [-0.1, -0.05) is 6.92 Å². The third-order valence-corrected chi connectivity index (χ3v) is 0.716. The second kappa shape index (κ2) is 30.0. The zero-order valence-electron chi connectivity index (χ0n) is 10.4. The van der Waals surface area contributed by atoms with Gasteiger partial charge in [0.05, 0.1) is 33.5 Å². The van der Waals surface area contributed by atoms with Gasteiger partial charge in [-0.25, -0.2) is 0 Å². The van der Waals surface area contributed by atoms with Crippen LogP contribution < -0.4 is 0 Å². The number of methoxy groups -OCH3 is 1. The molecule has 0 aliphatic carbocycles. The third-order valence-electron chi connectivity index (χ3n) is 0.716. The molecule has 6 N–H and O–H groups in total. The lowest BCUT2D eigenvalue weighted by Crippen LogP contribution is -1.94. The number of ether oxygens (including phenoxy) is 1. The summed E-state index contributed by atoms with van der Waals surface area (Å²) in [6.07, 6.45) is 0.469. The maximum Gasteiger partial charge on any atom is 0.314 e. The van der Waals surface area contributed by atoms with E-state index in [1.165, 1.54) is 7.11 Å². The average Bonchev–Trinajstić information content (AvgIpc) is 2.37. The van der Waals surface area contributed by atoms with Gasteiger partial charge in [0, 0.05) is 6.42 Å². The van der Waals surface area contributed by atoms with E-state index in [1.54, 1.807) is 6.92 Å². The Hall–Kier alpha value is -0.540. The monoisotopic (exact) mass is 294 g/mol. The number of hydrogen-bond donors (Lipinski definition) is 6. The van der Waals surface area contributed by atoms with Crippen LogP contribution in [-0.4, -0.2) is 69.7 Å². The molecule has 0 heterocycles. The van der Waals surface area contributed by atoms with Crippen LogP contribution in [0.2, 0.25) is 0 Å². The molecule has 0 aromatic heterocycles. The van der Waals surface area contributed by atoms with E-state index >= 15 is 0 Å². The van der Waals surface area contributed by atoms with E-state index in [0.717, 1.165) is 0 Å². The molecular weight excluding hydrogens is 271 g/mol. The summed E-state index contributed by atoms with van der Waals surface area (Å²) >= 11 is 0. The lowest BCUT2D eigenvalue weighted by molar-refractivity contribution is -0.140. The highest BCUT2D eigenvalue weighted by atomic mass is 31.1. The SMILES string of the molecule is CCC(=O)OC.O=[PH](O)O.OCCO.OCCO. The van der Waals surface area contributed by atoms with Crippen molar-refractivity contribution in [2.24, 2.45) is 0 Å². The molecule has 0 radical (unpaired) electrons. The van der Waals surface area contributed by atoms with Crippen molar-refractivity contribution in [3.63, 3.8) is 0 Å². The van der Waals surface area contributed by atoms with Gasteiger partial charge in [-0.3, -0.25) is 9.36 Å². The molecule has 10 heteroatoms. The minimum atomic E-state index is -3.13. The predicted molar refractivity (Wildman–Crippen MR) is 64.1 cm³/mol. The molecule has 0 aliphatic rings. The molecule has 18 heavy (non-hydrogen) atoms. The van der Waals surface area contributed by atoms with E-state index in [0.29, 0.717) is 6.42 Å². The summed E-state index contributed by atoms with van der Waals surface area (Å²) in [7, 11) is -1.75. The molecule has 0 amide bonds. The predicted octanol–water partition coefficient (Wildman–Crippen LogP) is -2.13. The molecule has 0 spiro atoms. The highest BCUT2D eigenvalue weighted by Crippen LogP contribution is 1.98. The number of carbonyl (C=O) groups is 1. The number of rotatable bonds is 3. The van der Waals surface area contributed by atoms with E-state index < -0.39 is 8.25 Å². The van der Waals surface area contributed by atoms with Crippen molar-refractivity contribution in [2.75, 3.05) is 33.5 Å². The summed E-state index contributed by atoms with van der Waals surface area (Å²) in [5.74, 6) is -0.157. The fourth-order valence-electron chi connectivity index (χ4n) is 0.144. The smallest absolute Gasteiger partial charge is 0.314 e. The van der Waals surface area contributed by atoms with Gasteiger partial charge in [0.2, 0.25) is 0 Å². The first-order valence-corrected chi connectivity index (χ1v) is 6.10. The van der Waals surface area contributed by atoms with Crippen molar-refractivity contribution >= 4 is 14.2 Å². The quantitative estimate of drug-likeness (QED) is 0.252. The van der Waals surface area contributed by atoms with Gasteiger partial charge in [-0.2, -0.15) is 0 Å². The molecule has 0 rings (SSSR count). The molecule has 0 aliphatic heterocycles. The lowest BCUT2D eigenvalue weighted by Gasteiger charge is -1.87. The Kier molecular flexibility index (Phi) is 43.5. The molecule has 9 nitrogen and oxygen atoms in total. The van der Waals surface area contributed by atoms with Crippen LogP contribution >= 0.6 is 8.25 Å². The van der Waals surface area contributed by atoms with E-state index in [9.17, 15) is 4.79 Å². The summed E-state index contributed by atoms with van der Waals surface area (Å²) in [5.41, 5.74) is 0. The van der Waals surface area contributed by atoms with Crippen LogP contribution in [-0.2, 0) is 14.1 Å². The van der Waals surface area contributed by atoms with Crippen LogP contribution in [0.3, 0.4) is 0 Å². The Morgan fingerprint density at radius 2 is 1.22 bits per heavy atom. The summed E-state index contributed by atoms with van der Waals surface area (Å²) in [5, 5.41) is 30.5. The van der Waals surface area contributed by atoms with Gasteiger partial charge in [-0.15, -0.1) is 0 Å². The second-order valence-electron chi connectivity index (χ2n) is 2.11. The van der Waals surface area contributed by atoms with Crippen LogP contribution in [0.5, 0.6) is 0 Å². The second-order valence-corrected chi connectivity index (χ2v) is 2.67. The maximum atomic E-state index is 9.96. The molecule has 0 aromatic carbocycles. The molecule has 0 aromatic rings. The largest absolute Gasteiger partial charge is 0.469 e. The molecule has 0 fully saturated rings. The fourth-order valence-corrected chi connectivity index (χ4v) is 0.144. The van der Waals surface area contributed by atoms with Crippen molar-refractivity contribution in [3.05, 3.63) is 0 Å². The van der Waals surface area contributed by atoms with Crippen molar-refractivity contribution in [1.29, 1.82) is 0 Å². The normalized spacial score (nSPS) is 7.83. The highest BCUT2D eigenvalue weighted by molar-refractivity contribution is 7.30. The Bertz CT molecular complexity index is 147. The minimum Gasteiger partial charge on any atom is -0.469 e. The molecule has 0 unspecified atom stereocenters. The molecule has 0 saturated carbocycles. The topological polar surface area (TPSA) is 165 Å². The van der Waals surface area contributed by atoms with Gasteiger partial charge in [0.15, 0.2) is 0 Å². The van der Waals surface area contributed by atoms with E-state index in [2.05, 4.69) is 4.74 Å².